The Kier molecular flexibility index (Phi) is 4.00. The Labute approximate surface area is 149 Å². The maximum Gasteiger partial charge on any atom is 0.194 e. The summed E-state index contributed by atoms with van der Waals surface area (Å²) in [7, 11) is 0. The van der Waals surface area contributed by atoms with Gasteiger partial charge in [-0.15, -0.1) is 0 Å². The summed E-state index contributed by atoms with van der Waals surface area (Å²) in [6.07, 6.45) is -5.84. The fourth-order valence-electron chi connectivity index (χ4n) is 3.72. The third kappa shape index (κ3) is 2.34. The van der Waals surface area contributed by atoms with Crippen molar-refractivity contribution in [3.8, 4) is 0 Å². The molecule has 1 saturated heterocycles. The van der Waals surface area contributed by atoms with E-state index in [0.717, 1.165) is 0 Å². The zero-order valence-electron chi connectivity index (χ0n) is 14.0. The maximum atomic E-state index is 13.0. The number of ether oxygens (including phenoxy) is 1. The lowest BCUT2D eigenvalue weighted by Crippen LogP contribution is -2.53. The molecular formula is C20H18O6. The predicted molar refractivity (Wildman–Crippen MR) is 91.1 cm³/mol. The molecule has 0 saturated carbocycles. The zero-order valence-corrected chi connectivity index (χ0v) is 14.0. The van der Waals surface area contributed by atoms with Crippen LogP contribution in [0.2, 0.25) is 0 Å². The Morgan fingerprint density at radius 3 is 2.08 bits per heavy atom. The van der Waals surface area contributed by atoms with Crippen molar-refractivity contribution in [1.29, 1.82) is 0 Å². The highest BCUT2D eigenvalue weighted by Crippen LogP contribution is 2.38. The van der Waals surface area contributed by atoms with Gasteiger partial charge in [0.1, 0.15) is 24.4 Å². The van der Waals surface area contributed by atoms with Gasteiger partial charge in [0.05, 0.1) is 6.10 Å². The summed E-state index contributed by atoms with van der Waals surface area (Å²) >= 11 is 0. The normalized spacial score (nSPS) is 30.7. The smallest absolute Gasteiger partial charge is 0.194 e. The summed E-state index contributed by atoms with van der Waals surface area (Å²) in [5.41, 5.74) is 1.40. The van der Waals surface area contributed by atoms with Gasteiger partial charge < -0.3 is 20.1 Å². The standard InChI is InChI=1S/C20H18O6/c1-9-15(21)18(24)19(25)20(26-9)13-8-4-7-12-14(13)17(23)11-6-3-2-5-10(11)16(12)22/h2-9,15,18-21,24-25H,1H3/t9-,15-,18+,19+,20?/m1/s1. The van der Waals surface area contributed by atoms with E-state index in [-0.39, 0.29) is 22.7 Å². The highest BCUT2D eigenvalue weighted by molar-refractivity contribution is 6.28. The fraction of sp³-hybridized carbons (Fsp3) is 0.300. The van der Waals surface area contributed by atoms with Crippen molar-refractivity contribution in [1.82, 2.24) is 0 Å². The van der Waals surface area contributed by atoms with E-state index in [9.17, 15) is 24.9 Å². The van der Waals surface area contributed by atoms with E-state index in [1.165, 1.54) is 0 Å². The van der Waals surface area contributed by atoms with Crippen LogP contribution in [0.3, 0.4) is 0 Å². The lowest BCUT2D eigenvalue weighted by atomic mass is 9.79. The van der Waals surface area contributed by atoms with Crippen LogP contribution in [0.4, 0.5) is 0 Å². The minimum atomic E-state index is -1.42. The van der Waals surface area contributed by atoms with Crippen LogP contribution in [0.25, 0.3) is 0 Å². The van der Waals surface area contributed by atoms with Gasteiger partial charge in [-0.2, -0.15) is 0 Å². The van der Waals surface area contributed by atoms with Gasteiger partial charge in [-0.05, 0) is 12.5 Å². The minimum absolute atomic E-state index is 0.177. The van der Waals surface area contributed by atoms with Crippen molar-refractivity contribution >= 4 is 11.6 Å². The highest BCUT2D eigenvalue weighted by atomic mass is 16.5. The minimum Gasteiger partial charge on any atom is -0.388 e. The van der Waals surface area contributed by atoms with Gasteiger partial charge in [-0.1, -0.05) is 42.5 Å². The molecule has 0 radical (unpaired) electrons. The van der Waals surface area contributed by atoms with E-state index in [2.05, 4.69) is 0 Å². The average molecular weight is 354 g/mol. The molecule has 1 heterocycles. The second-order valence-electron chi connectivity index (χ2n) is 6.71. The van der Waals surface area contributed by atoms with Crippen molar-refractivity contribution in [3.05, 3.63) is 70.3 Å². The molecule has 0 bridgehead atoms. The summed E-state index contributed by atoms with van der Waals surface area (Å²) in [4.78, 5) is 25.9. The zero-order chi connectivity index (χ0) is 18.6. The number of rotatable bonds is 1. The number of benzene rings is 2. The Morgan fingerprint density at radius 1 is 0.769 bits per heavy atom. The molecule has 26 heavy (non-hydrogen) atoms. The molecular weight excluding hydrogens is 336 g/mol. The quantitative estimate of drug-likeness (QED) is 0.602. The lowest BCUT2D eigenvalue weighted by molar-refractivity contribution is -0.219. The number of aliphatic hydroxyl groups is 3. The Bertz CT molecular complexity index is 905. The van der Waals surface area contributed by atoms with Crippen LogP contribution in [0.5, 0.6) is 0 Å². The van der Waals surface area contributed by atoms with Gasteiger partial charge >= 0.3 is 0 Å². The SMILES string of the molecule is C[C@H]1OC(c2cccc3c2C(=O)c2ccccc2C3=O)[C@@H](O)[C@@H](O)[C@@H]1O. The molecule has 2 aromatic carbocycles. The molecule has 1 unspecified atom stereocenters. The first-order valence-corrected chi connectivity index (χ1v) is 8.42. The van der Waals surface area contributed by atoms with E-state index in [0.29, 0.717) is 16.7 Å². The first-order chi connectivity index (χ1) is 12.4. The molecule has 0 spiro atoms. The van der Waals surface area contributed by atoms with Crippen molar-refractivity contribution in [2.75, 3.05) is 0 Å². The largest absolute Gasteiger partial charge is 0.388 e. The number of carbonyl (C=O) groups is 2. The molecule has 1 aliphatic carbocycles. The summed E-state index contributed by atoms with van der Waals surface area (Å²) < 4.78 is 5.68. The second-order valence-corrected chi connectivity index (χ2v) is 6.71. The first kappa shape index (κ1) is 17.1. The molecule has 1 aliphatic heterocycles. The van der Waals surface area contributed by atoms with Gasteiger partial charge in [0.15, 0.2) is 11.6 Å². The van der Waals surface area contributed by atoms with Crippen LogP contribution in [0.15, 0.2) is 42.5 Å². The maximum absolute atomic E-state index is 13.0. The molecule has 1 fully saturated rings. The number of fused-ring (bicyclic) bond motifs is 2. The molecule has 2 aromatic rings. The number of hydrogen-bond donors (Lipinski definition) is 3. The second kappa shape index (κ2) is 6.10. The Balaban J connectivity index is 1.86. The summed E-state index contributed by atoms with van der Waals surface area (Å²) in [6.45, 7) is 1.57. The monoisotopic (exact) mass is 354 g/mol. The van der Waals surface area contributed by atoms with Crippen LogP contribution in [-0.2, 0) is 4.74 Å². The summed E-state index contributed by atoms with van der Waals surface area (Å²) in [5.74, 6) is -0.592. The third-order valence-corrected chi connectivity index (χ3v) is 5.14. The molecule has 6 nitrogen and oxygen atoms in total. The Morgan fingerprint density at radius 2 is 1.38 bits per heavy atom. The summed E-state index contributed by atoms with van der Waals surface area (Å²) in [6, 6.07) is 11.4. The van der Waals surface area contributed by atoms with Crippen molar-refractivity contribution in [2.24, 2.45) is 0 Å². The van der Waals surface area contributed by atoms with Crippen LogP contribution >= 0.6 is 0 Å². The molecule has 3 N–H and O–H groups in total. The molecule has 6 heteroatoms. The number of aliphatic hydroxyl groups excluding tert-OH is 3. The fourth-order valence-corrected chi connectivity index (χ4v) is 3.72. The number of ketones is 2. The topological polar surface area (TPSA) is 104 Å². The van der Waals surface area contributed by atoms with Crippen LogP contribution < -0.4 is 0 Å². The van der Waals surface area contributed by atoms with Gasteiger partial charge in [0, 0.05) is 22.3 Å². The van der Waals surface area contributed by atoms with E-state index in [1.807, 2.05) is 0 Å². The number of carbonyl (C=O) groups excluding carboxylic acids is 2. The Hall–Kier alpha value is -2.38. The van der Waals surface area contributed by atoms with Crippen molar-refractivity contribution < 1.29 is 29.6 Å². The van der Waals surface area contributed by atoms with E-state index in [4.69, 9.17) is 4.74 Å². The predicted octanol–water partition coefficient (Wildman–Crippen LogP) is 1.00. The first-order valence-electron chi connectivity index (χ1n) is 8.42. The van der Waals surface area contributed by atoms with Crippen LogP contribution in [0.1, 0.15) is 50.4 Å². The highest BCUT2D eigenvalue weighted by Gasteiger charge is 2.44. The molecule has 4 rings (SSSR count). The van der Waals surface area contributed by atoms with Gasteiger partial charge in [-0.3, -0.25) is 9.59 Å². The van der Waals surface area contributed by atoms with Crippen molar-refractivity contribution in [3.63, 3.8) is 0 Å². The van der Waals surface area contributed by atoms with E-state index < -0.39 is 30.5 Å². The average Bonchev–Trinajstić information content (AvgIpc) is 2.66. The van der Waals surface area contributed by atoms with Crippen LogP contribution in [-0.4, -0.2) is 51.3 Å². The molecule has 5 atom stereocenters. The van der Waals surface area contributed by atoms with Crippen LogP contribution in [0, 0.1) is 0 Å². The molecule has 0 aromatic heterocycles. The number of hydrogen-bond acceptors (Lipinski definition) is 6. The van der Waals surface area contributed by atoms with Crippen molar-refractivity contribution in [2.45, 2.75) is 37.4 Å². The molecule has 2 aliphatic rings. The van der Waals surface area contributed by atoms with Gasteiger partial charge in [0.25, 0.3) is 0 Å². The molecule has 134 valence electrons. The van der Waals surface area contributed by atoms with E-state index in [1.54, 1.807) is 49.4 Å². The summed E-state index contributed by atoms with van der Waals surface area (Å²) in [5, 5.41) is 30.4. The van der Waals surface area contributed by atoms with Gasteiger partial charge in [0.2, 0.25) is 0 Å². The molecule has 0 amide bonds. The third-order valence-electron chi connectivity index (χ3n) is 5.14. The van der Waals surface area contributed by atoms with Gasteiger partial charge in [-0.25, -0.2) is 0 Å². The van der Waals surface area contributed by atoms with E-state index >= 15 is 0 Å². The lowest BCUT2D eigenvalue weighted by Gasteiger charge is -2.40.